The normalized spacial score (nSPS) is 25.0. The van der Waals surface area contributed by atoms with Crippen molar-refractivity contribution in [3.63, 3.8) is 0 Å². The predicted molar refractivity (Wildman–Crippen MR) is 102 cm³/mol. The molecule has 4 nitrogen and oxygen atoms in total. The first-order valence-corrected chi connectivity index (χ1v) is 9.83. The maximum Gasteiger partial charge on any atom is 0.286 e. The molecule has 4 rings (SSSR count). The Morgan fingerprint density at radius 2 is 1.85 bits per heavy atom. The molecule has 134 valence electrons. The molecule has 1 heterocycles. The van der Waals surface area contributed by atoms with Crippen LogP contribution in [0.25, 0.3) is 0 Å². The minimum absolute atomic E-state index is 0.208. The van der Waals surface area contributed by atoms with Crippen molar-refractivity contribution in [2.75, 3.05) is 0 Å². The molecule has 0 radical (unpaired) electrons. The highest BCUT2D eigenvalue weighted by atomic mass is 32.2. The molecule has 0 bridgehead atoms. The van der Waals surface area contributed by atoms with E-state index in [-0.39, 0.29) is 22.3 Å². The van der Waals surface area contributed by atoms with Crippen LogP contribution >= 0.6 is 11.8 Å². The summed E-state index contributed by atoms with van der Waals surface area (Å²) < 4.78 is 0. The molecule has 1 aliphatic carbocycles. The Labute approximate surface area is 157 Å². The molecule has 1 saturated heterocycles. The van der Waals surface area contributed by atoms with Gasteiger partial charge in [-0.1, -0.05) is 60.3 Å². The van der Waals surface area contributed by atoms with Gasteiger partial charge in [-0.05, 0) is 53.9 Å². The van der Waals surface area contributed by atoms with Gasteiger partial charge >= 0.3 is 0 Å². The van der Waals surface area contributed by atoms with Gasteiger partial charge in [-0.3, -0.25) is 14.9 Å². The third-order valence-corrected chi connectivity index (χ3v) is 6.27. The Bertz CT molecular complexity index is 836. The van der Waals surface area contributed by atoms with Gasteiger partial charge in [0.15, 0.2) is 0 Å². The summed E-state index contributed by atoms with van der Waals surface area (Å²) in [5.41, 5.74) is 4.46. The van der Waals surface area contributed by atoms with Gasteiger partial charge in [-0.2, -0.15) is 0 Å². The maximum atomic E-state index is 11.8. The number of benzene rings is 2. The lowest BCUT2D eigenvalue weighted by molar-refractivity contribution is -0.118. The topological polar surface area (TPSA) is 66.4 Å². The Hall–Kier alpha value is -2.11. The van der Waals surface area contributed by atoms with Crippen LogP contribution in [0.4, 0.5) is 4.79 Å². The molecule has 2 aromatic rings. The maximum absolute atomic E-state index is 11.8. The van der Waals surface area contributed by atoms with Crippen molar-refractivity contribution in [2.45, 2.75) is 37.0 Å². The van der Waals surface area contributed by atoms with Gasteiger partial charge in [0.05, 0.1) is 11.4 Å². The minimum Gasteiger partial charge on any atom is -0.388 e. The molecule has 1 aliphatic heterocycles. The number of aryl methyl sites for hydroxylation is 1. The third-order valence-electron chi connectivity index (χ3n) is 5.29. The number of aliphatic hydroxyl groups is 1. The van der Waals surface area contributed by atoms with Crippen molar-refractivity contribution in [1.29, 1.82) is 0 Å². The Balaban J connectivity index is 1.48. The van der Waals surface area contributed by atoms with Crippen LogP contribution in [0.1, 0.15) is 34.8 Å². The molecule has 3 atom stereocenters. The van der Waals surface area contributed by atoms with Crippen LogP contribution in [0.3, 0.4) is 0 Å². The molecule has 2 amide bonds. The van der Waals surface area contributed by atoms with E-state index in [1.165, 1.54) is 5.56 Å². The summed E-state index contributed by atoms with van der Waals surface area (Å²) >= 11 is 1.06. The molecule has 5 heteroatoms. The smallest absolute Gasteiger partial charge is 0.286 e. The summed E-state index contributed by atoms with van der Waals surface area (Å²) in [5, 5.41) is 12.5. The first-order valence-electron chi connectivity index (χ1n) is 8.95. The molecule has 2 aliphatic rings. The zero-order valence-electron chi connectivity index (χ0n) is 14.4. The van der Waals surface area contributed by atoms with E-state index in [1.54, 1.807) is 0 Å². The van der Waals surface area contributed by atoms with Crippen LogP contribution in [-0.4, -0.2) is 21.5 Å². The summed E-state index contributed by atoms with van der Waals surface area (Å²) in [6.07, 6.45) is 2.84. The van der Waals surface area contributed by atoms with Crippen molar-refractivity contribution in [2.24, 2.45) is 5.92 Å². The number of amides is 2. The molecular weight excluding hydrogens is 346 g/mol. The third kappa shape index (κ3) is 3.55. The zero-order valence-corrected chi connectivity index (χ0v) is 15.2. The largest absolute Gasteiger partial charge is 0.388 e. The zero-order chi connectivity index (χ0) is 18.1. The van der Waals surface area contributed by atoms with E-state index in [4.69, 9.17) is 0 Å². The van der Waals surface area contributed by atoms with E-state index in [2.05, 4.69) is 23.5 Å². The number of fused-ring (bicyclic) bond motifs is 1. The second kappa shape index (κ2) is 7.25. The standard InChI is InChI=1S/C21H21NO3S/c23-19-16(10-13-4-2-1-3-5-13)8-7-15-11-14(6-9-17(15)19)12-18-20(24)22-21(25)26-18/h1-6,9,11,16,18-19,23H,7-8,10,12H2,(H,22,24,25). The molecule has 2 aromatic carbocycles. The van der Waals surface area contributed by atoms with Crippen LogP contribution in [0.15, 0.2) is 48.5 Å². The molecular formula is C21H21NO3S. The molecule has 0 saturated carbocycles. The average Bonchev–Trinajstić information content (AvgIpc) is 2.95. The lowest BCUT2D eigenvalue weighted by Gasteiger charge is -2.30. The summed E-state index contributed by atoms with van der Waals surface area (Å²) in [6, 6.07) is 16.4. The average molecular weight is 367 g/mol. The predicted octanol–water partition coefficient (Wildman–Crippen LogP) is 3.42. The summed E-state index contributed by atoms with van der Waals surface area (Å²) in [5.74, 6) is 0.0187. The number of hydrogen-bond acceptors (Lipinski definition) is 4. The number of carbonyl (C=O) groups is 2. The fraction of sp³-hybridized carbons (Fsp3) is 0.333. The van der Waals surface area contributed by atoms with Crippen LogP contribution in [0.5, 0.6) is 0 Å². The van der Waals surface area contributed by atoms with Gasteiger partial charge in [0, 0.05) is 0 Å². The summed E-state index contributed by atoms with van der Waals surface area (Å²) in [7, 11) is 0. The van der Waals surface area contributed by atoms with Crippen LogP contribution in [0.2, 0.25) is 0 Å². The number of thioether (sulfide) groups is 1. The second-order valence-electron chi connectivity index (χ2n) is 7.05. The van der Waals surface area contributed by atoms with Crippen molar-refractivity contribution in [3.8, 4) is 0 Å². The van der Waals surface area contributed by atoms with Crippen LogP contribution < -0.4 is 5.32 Å². The van der Waals surface area contributed by atoms with Crippen molar-refractivity contribution < 1.29 is 14.7 Å². The fourth-order valence-electron chi connectivity index (χ4n) is 3.92. The van der Waals surface area contributed by atoms with Gasteiger partial charge < -0.3 is 5.11 Å². The van der Waals surface area contributed by atoms with E-state index in [9.17, 15) is 14.7 Å². The number of hydrogen-bond donors (Lipinski definition) is 2. The quantitative estimate of drug-likeness (QED) is 0.869. The van der Waals surface area contributed by atoms with Crippen LogP contribution in [0, 0.1) is 5.92 Å². The highest BCUT2D eigenvalue weighted by molar-refractivity contribution is 8.15. The Kier molecular flexibility index (Phi) is 4.83. The summed E-state index contributed by atoms with van der Waals surface area (Å²) in [6.45, 7) is 0. The SMILES string of the molecule is O=C1NC(=O)C(Cc2ccc3c(c2)CCC(Cc2ccccc2)C3O)S1. The lowest BCUT2D eigenvalue weighted by atomic mass is 9.78. The van der Waals surface area contributed by atoms with Gasteiger partial charge in [0.2, 0.25) is 5.91 Å². The first-order chi connectivity index (χ1) is 12.6. The summed E-state index contributed by atoms with van der Waals surface area (Å²) in [4.78, 5) is 23.1. The molecule has 0 spiro atoms. The second-order valence-corrected chi connectivity index (χ2v) is 8.23. The number of nitrogens with one attached hydrogen (secondary N) is 1. The highest BCUT2D eigenvalue weighted by Gasteiger charge is 2.32. The number of rotatable bonds is 4. The fourth-order valence-corrected chi connectivity index (χ4v) is 4.78. The Morgan fingerprint density at radius 3 is 2.58 bits per heavy atom. The van der Waals surface area contributed by atoms with Crippen molar-refractivity contribution in [3.05, 3.63) is 70.8 Å². The minimum atomic E-state index is -0.460. The van der Waals surface area contributed by atoms with E-state index < -0.39 is 6.10 Å². The molecule has 0 aromatic heterocycles. The number of aliphatic hydroxyl groups excluding tert-OH is 1. The van der Waals surface area contributed by atoms with Crippen LogP contribution in [-0.2, 0) is 24.1 Å². The lowest BCUT2D eigenvalue weighted by Crippen LogP contribution is -2.26. The molecule has 3 unspecified atom stereocenters. The van der Waals surface area contributed by atoms with E-state index in [1.807, 2.05) is 30.3 Å². The van der Waals surface area contributed by atoms with Gasteiger partial charge in [-0.15, -0.1) is 0 Å². The first kappa shape index (κ1) is 17.3. The number of imide groups is 1. The molecule has 1 fully saturated rings. The molecule has 26 heavy (non-hydrogen) atoms. The highest BCUT2D eigenvalue weighted by Crippen LogP contribution is 2.37. The Morgan fingerprint density at radius 1 is 1.04 bits per heavy atom. The molecule has 2 N–H and O–H groups in total. The van der Waals surface area contributed by atoms with Gasteiger partial charge in [-0.25, -0.2) is 0 Å². The monoisotopic (exact) mass is 367 g/mol. The van der Waals surface area contributed by atoms with E-state index >= 15 is 0 Å². The van der Waals surface area contributed by atoms with Crippen molar-refractivity contribution >= 4 is 22.9 Å². The van der Waals surface area contributed by atoms with Gasteiger partial charge in [0.25, 0.3) is 5.24 Å². The number of carbonyl (C=O) groups excluding carboxylic acids is 2. The van der Waals surface area contributed by atoms with Gasteiger partial charge in [0.1, 0.15) is 0 Å². The van der Waals surface area contributed by atoms with E-state index in [0.29, 0.717) is 6.42 Å². The van der Waals surface area contributed by atoms with Crippen molar-refractivity contribution in [1.82, 2.24) is 5.32 Å². The van der Waals surface area contributed by atoms with E-state index in [0.717, 1.165) is 47.7 Å².